The number of aromatic nitrogens is 2. The molecule has 0 atom stereocenters. The van der Waals surface area contributed by atoms with Crippen molar-refractivity contribution in [2.45, 2.75) is 26.7 Å². The van der Waals surface area contributed by atoms with Crippen LogP contribution in [0.1, 0.15) is 36.5 Å². The van der Waals surface area contributed by atoms with E-state index in [-0.39, 0.29) is 11.5 Å². The lowest BCUT2D eigenvalue weighted by atomic mass is 9.96. The highest BCUT2D eigenvalue weighted by Gasteiger charge is 2.18. The predicted octanol–water partition coefficient (Wildman–Crippen LogP) is 5.46. The summed E-state index contributed by atoms with van der Waals surface area (Å²) in [6.45, 7) is 6.21. The van der Waals surface area contributed by atoms with Gasteiger partial charge in [0.1, 0.15) is 11.5 Å². The summed E-state index contributed by atoms with van der Waals surface area (Å²) >= 11 is 0. The molecule has 0 aliphatic heterocycles. The van der Waals surface area contributed by atoms with E-state index in [1.165, 1.54) is 4.68 Å². The van der Waals surface area contributed by atoms with Gasteiger partial charge in [0.05, 0.1) is 31.3 Å². The third-order valence-electron chi connectivity index (χ3n) is 6.24. The minimum Gasteiger partial charge on any atom is -0.496 e. The SMILES string of the molecule is COc1cc(N(C)C)ccc1C=Nn1c(-c2cc(C(C)C)c(OC)cc2C)nc2ccccc2c1=O. The van der Waals surface area contributed by atoms with Crippen LogP contribution in [0.5, 0.6) is 11.5 Å². The van der Waals surface area contributed by atoms with E-state index in [0.29, 0.717) is 22.5 Å². The fourth-order valence-electron chi connectivity index (χ4n) is 4.18. The minimum absolute atomic E-state index is 0.225. The third-order valence-corrected chi connectivity index (χ3v) is 6.24. The van der Waals surface area contributed by atoms with Crippen LogP contribution in [-0.2, 0) is 0 Å². The highest BCUT2D eigenvalue weighted by Crippen LogP contribution is 2.34. The van der Waals surface area contributed by atoms with Crippen LogP contribution in [0.25, 0.3) is 22.3 Å². The standard InChI is InChI=1S/C29H32N4O3/c1-18(2)23-16-24(19(3)14-27(23)36-7)28-31-25-11-9-8-10-22(25)29(34)33(28)30-17-20-12-13-21(32(4)5)15-26(20)35-6/h8-18H,1-7H3. The number of hydrogen-bond donors (Lipinski definition) is 0. The molecule has 0 saturated carbocycles. The summed E-state index contributed by atoms with van der Waals surface area (Å²) < 4.78 is 12.6. The lowest BCUT2D eigenvalue weighted by Gasteiger charge is -2.17. The number of hydrogen-bond acceptors (Lipinski definition) is 6. The Balaban J connectivity index is 1.96. The molecule has 0 radical (unpaired) electrons. The van der Waals surface area contributed by atoms with Gasteiger partial charge in [-0.1, -0.05) is 26.0 Å². The van der Waals surface area contributed by atoms with Gasteiger partial charge >= 0.3 is 0 Å². The first-order valence-electron chi connectivity index (χ1n) is 11.9. The molecular formula is C29H32N4O3. The first kappa shape index (κ1) is 25.0. The van der Waals surface area contributed by atoms with Crippen molar-refractivity contribution in [1.82, 2.24) is 9.66 Å². The van der Waals surface area contributed by atoms with E-state index in [1.807, 2.05) is 74.4 Å². The van der Waals surface area contributed by atoms with Crippen LogP contribution in [0.15, 0.2) is 64.5 Å². The molecule has 0 N–H and O–H groups in total. The van der Waals surface area contributed by atoms with Gasteiger partial charge in [0, 0.05) is 37.0 Å². The highest BCUT2D eigenvalue weighted by molar-refractivity contribution is 5.85. The highest BCUT2D eigenvalue weighted by atomic mass is 16.5. The van der Waals surface area contributed by atoms with E-state index in [2.05, 4.69) is 18.9 Å². The number of nitrogens with zero attached hydrogens (tertiary/aromatic N) is 4. The van der Waals surface area contributed by atoms with Crippen LogP contribution in [-0.4, -0.2) is 44.2 Å². The van der Waals surface area contributed by atoms with Crippen LogP contribution < -0.4 is 19.9 Å². The van der Waals surface area contributed by atoms with Gasteiger partial charge in [-0.2, -0.15) is 9.78 Å². The van der Waals surface area contributed by atoms with Crippen molar-refractivity contribution in [3.63, 3.8) is 0 Å². The molecule has 1 heterocycles. The Morgan fingerprint density at radius 1 is 1.00 bits per heavy atom. The Morgan fingerprint density at radius 3 is 2.39 bits per heavy atom. The first-order chi connectivity index (χ1) is 17.2. The second-order valence-electron chi connectivity index (χ2n) is 9.20. The average molecular weight is 485 g/mol. The molecule has 0 fully saturated rings. The van der Waals surface area contributed by atoms with Crippen molar-refractivity contribution >= 4 is 22.8 Å². The van der Waals surface area contributed by atoms with Gasteiger partial charge in [-0.3, -0.25) is 4.79 Å². The molecule has 0 spiro atoms. The Hall–Kier alpha value is -4.13. The van der Waals surface area contributed by atoms with Gasteiger partial charge in [-0.05, 0) is 60.4 Å². The summed E-state index contributed by atoms with van der Waals surface area (Å²) in [4.78, 5) is 20.5. The maximum Gasteiger partial charge on any atom is 0.282 e. The number of methoxy groups -OCH3 is 2. The molecule has 36 heavy (non-hydrogen) atoms. The lowest BCUT2D eigenvalue weighted by Crippen LogP contribution is -2.21. The second kappa shape index (κ2) is 10.2. The van der Waals surface area contributed by atoms with Crippen LogP contribution in [0.3, 0.4) is 0 Å². The average Bonchev–Trinajstić information content (AvgIpc) is 2.87. The monoisotopic (exact) mass is 484 g/mol. The predicted molar refractivity (Wildman–Crippen MR) is 147 cm³/mol. The van der Waals surface area contributed by atoms with Gasteiger partial charge in [0.25, 0.3) is 5.56 Å². The summed E-state index contributed by atoms with van der Waals surface area (Å²) in [5.74, 6) is 2.18. The number of fused-ring (bicyclic) bond motifs is 1. The second-order valence-corrected chi connectivity index (χ2v) is 9.20. The third kappa shape index (κ3) is 4.69. The number of benzene rings is 3. The Kier molecular flexibility index (Phi) is 7.10. The van der Waals surface area contributed by atoms with Gasteiger partial charge in [0.15, 0.2) is 5.82 Å². The molecule has 0 amide bonds. The van der Waals surface area contributed by atoms with E-state index in [4.69, 9.17) is 14.5 Å². The van der Waals surface area contributed by atoms with E-state index < -0.39 is 0 Å². The van der Waals surface area contributed by atoms with Crippen LogP contribution in [0, 0.1) is 6.92 Å². The number of aryl methyl sites for hydroxylation is 1. The van der Waals surface area contributed by atoms with Crippen LogP contribution in [0.4, 0.5) is 5.69 Å². The molecule has 186 valence electrons. The van der Waals surface area contributed by atoms with Crippen molar-refractivity contribution in [3.05, 3.63) is 81.6 Å². The lowest BCUT2D eigenvalue weighted by molar-refractivity contribution is 0.407. The molecule has 3 aromatic carbocycles. The number of anilines is 1. The van der Waals surface area contributed by atoms with Crippen molar-refractivity contribution in [3.8, 4) is 22.9 Å². The summed E-state index contributed by atoms with van der Waals surface area (Å²) in [7, 11) is 7.23. The van der Waals surface area contributed by atoms with E-state index in [1.54, 1.807) is 26.5 Å². The summed E-state index contributed by atoms with van der Waals surface area (Å²) in [6.07, 6.45) is 1.64. The van der Waals surface area contributed by atoms with Crippen molar-refractivity contribution < 1.29 is 9.47 Å². The summed E-state index contributed by atoms with van der Waals surface area (Å²) in [5, 5.41) is 5.14. The molecule has 4 aromatic rings. The molecule has 0 aliphatic carbocycles. The number of rotatable bonds is 7. The molecule has 4 rings (SSSR count). The minimum atomic E-state index is -0.239. The topological polar surface area (TPSA) is 68.9 Å². The molecule has 7 nitrogen and oxygen atoms in total. The smallest absolute Gasteiger partial charge is 0.282 e. The fraction of sp³-hybridized carbons (Fsp3) is 0.276. The zero-order chi connectivity index (χ0) is 26.0. The number of ether oxygens (including phenoxy) is 2. The van der Waals surface area contributed by atoms with Gasteiger partial charge in [0.2, 0.25) is 0 Å². The molecule has 0 bridgehead atoms. The quantitative estimate of drug-likeness (QED) is 0.326. The van der Waals surface area contributed by atoms with Crippen molar-refractivity contribution in [2.24, 2.45) is 5.10 Å². The largest absolute Gasteiger partial charge is 0.496 e. The maximum absolute atomic E-state index is 13.6. The van der Waals surface area contributed by atoms with Crippen molar-refractivity contribution in [1.29, 1.82) is 0 Å². The molecule has 0 aliphatic rings. The molecule has 0 unspecified atom stereocenters. The summed E-state index contributed by atoms with van der Waals surface area (Å²) in [6, 6.07) is 17.2. The fourth-order valence-corrected chi connectivity index (χ4v) is 4.18. The molecule has 1 aromatic heterocycles. The van der Waals surface area contributed by atoms with E-state index >= 15 is 0 Å². The van der Waals surface area contributed by atoms with Crippen molar-refractivity contribution in [2.75, 3.05) is 33.2 Å². The molecule has 7 heteroatoms. The first-order valence-corrected chi connectivity index (χ1v) is 11.9. The van der Waals surface area contributed by atoms with Crippen LogP contribution >= 0.6 is 0 Å². The zero-order valence-electron chi connectivity index (χ0n) is 21.9. The van der Waals surface area contributed by atoms with E-state index in [0.717, 1.165) is 33.7 Å². The van der Waals surface area contributed by atoms with Gasteiger partial charge in [-0.25, -0.2) is 4.98 Å². The maximum atomic E-state index is 13.6. The zero-order valence-corrected chi connectivity index (χ0v) is 21.9. The summed E-state index contributed by atoms with van der Waals surface area (Å²) in [5.41, 5.74) is 4.95. The Morgan fingerprint density at radius 2 is 1.72 bits per heavy atom. The normalized spacial score (nSPS) is 11.4. The molecule has 0 saturated heterocycles. The number of para-hydroxylation sites is 1. The van der Waals surface area contributed by atoms with E-state index in [9.17, 15) is 4.79 Å². The van der Waals surface area contributed by atoms with Gasteiger partial charge < -0.3 is 14.4 Å². The van der Waals surface area contributed by atoms with Crippen LogP contribution in [0.2, 0.25) is 0 Å². The molecular weight excluding hydrogens is 452 g/mol. The Labute approximate surface area is 211 Å². The Bertz CT molecular complexity index is 1500. The van der Waals surface area contributed by atoms with Gasteiger partial charge in [-0.15, -0.1) is 0 Å².